The van der Waals surface area contributed by atoms with Gasteiger partial charge in [-0.1, -0.05) is 28.1 Å². The second kappa shape index (κ2) is 12.9. The highest BCUT2D eigenvalue weighted by Gasteiger charge is 2.53. The summed E-state index contributed by atoms with van der Waals surface area (Å²) in [6.07, 6.45) is 3.16. The number of nitrogen functional groups attached to an aromatic ring is 2. The fourth-order valence-electron chi connectivity index (χ4n) is 5.84. The number of fused-ring (bicyclic) bond motifs is 2. The van der Waals surface area contributed by atoms with Gasteiger partial charge < -0.3 is 36.6 Å². The van der Waals surface area contributed by atoms with Crippen molar-refractivity contribution >= 4 is 86.5 Å². The molecule has 2 fully saturated rings. The number of thioether (sulfide) groups is 1. The lowest BCUT2D eigenvalue weighted by molar-refractivity contribution is -0.663. The average molecular weight is 689 g/mol. The highest BCUT2D eigenvalue weighted by Crippen LogP contribution is 2.40. The Morgan fingerprint density at radius 3 is 2.80 bits per heavy atom. The number of hydrogen-bond acceptors (Lipinski definition) is 12. The molecule has 0 bridgehead atoms. The van der Waals surface area contributed by atoms with Gasteiger partial charge in [0.1, 0.15) is 32.8 Å². The number of carboxylic acids is 1. The predicted octanol–water partition coefficient (Wildman–Crippen LogP) is 0.875. The number of rotatable bonds is 10. The van der Waals surface area contributed by atoms with Crippen molar-refractivity contribution < 1.29 is 33.7 Å². The monoisotopic (exact) mass is 688 g/mol. The van der Waals surface area contributed by atoms with E-state index < -0.39 is 41.0 Å². The van der Waals surface area contributed by atoms with Gasteiger partial charge in [-0.25, -0.2) is 9.78 Å². The van der Waals surface area contributed by atoms with Gasteiger partial charge in [-0.2, -0.15) is 4.57 Å². The molecule has 0 radical (unpaired) electrons. The number of nitrogens with zero attached hydrogens (tertiary/aromatic N) is 5. The number of carbonyl (C=O) groups excluding carboxylic acids is 3. The topological polar surface area (TPSA) is 211 Å². The molecule has 18 heteroatoms. The zero-order valence-corrected chi connectivity index (χ0v) is 26.9. The molecule has 0 unspecified atom stereocenters. The van der Waals surface area contributed by atoms with Crippen molar-refractivity contribution in [1.29, 1.82) is 0 Å². The number of aldehydes is 1. The third-order valence-corrected chi connectivity index (χ3v) is 10.6. The normalized spacial score (nSPS) is 21.1. The molecule has 242 valence electrons. The number of carboxylic acid groups (broad SMARTS) is 1. The molecule has 0 saturated carbocycles. The predicted molar refractivity (Wildman–Crippen MR) is 172 cm³/mol. The van der Waals surface area contributed by atoms with Gasteiger partial charge in [-0.15, -0.1) is 11.8 Å². The molecule has 3 aliphatic heterocycles. The van der Waals surface area contributed by atoms with E-state index in [9.17, 15) is 19.2 Å². The number of amides is 2. The molecule has 6 heterocycles. The fraction of sp³-hybridized carbons (Fsp3) is 0.393. The minimum absolute atomic E-state index is 0.0303. The third-order valence-electron chi connectivity index (χ3n) is 8.13. The van der Waals surface area contributed by atoms with Crippen molar-refractivity contribution in [3.8, 4) is 0 Å². The molecule has 3 aromatic rings. The molecule has 15 nitrogen and oxygen atoms in total. The molecule has 6 rings (SSSR count). The first kappa shape index (κ1) is 31.8. The Labute approximate surface area is 275 Å². The van der Waals surface area contributed by atoms with Gasteiger partial charge in [0.05, 0.1) is 11.8 Å². The molecular formula is C28H31ClN9O6S2+. The minimum atomic E-state index is -1.38. The molecule has 0 aliphatic carbocycles. The van der Waals surface area contributed by atoms with E-state index in [1.165, 1.54) is 23.6 Å². The van der Waals surface area contributed by atoms with Crippen molar-refractivity contribution in [3.63, 3.8) is 0 Å². The number of carbonyl (C=O) groups is 4. The maximum absolute atomic E-state index is 13.4. The summed E-state index contributed by atoms with van der Waals surface area (Å²) in [5, 5.41) is 18.3. The van der Waals surface area contributed by atoms with Crippen LogP contribution < -0.4 is 26.7 Å². The largest absolute Gasteiger partial charge is 0.478 e. The van der Waals surface area contributed by atoms with Crippen LogP contribution in [0.3, 0.4) is 0 Å². The number of nitrogens with one attached hydrogen (secondary N) is 2. The molecule has 0 aromatic carbocycles. The summed E-state index contributed by atoms with van der Waals surface area (Å²) in [7, 11) is 0. The van der Waals surface area contributed by atoms with Gasteiger partial charge in [0.15, 0.2) is 29.9 Å². The lowest BCUT2D eigenvalue weighted by atomic mass is 10.0. The summed E-state index contributed by atoms with van der Waals surface area (Å²) in [6, 6.07) is 5.22. The molecule has 7 N–H and O–H groups in total. The number of oxime groups is 1. The van der Waals surface area contributed by atoms with Crippen LogP contribution in [0.1, 0.15) is 31.5 Å². The average Bonchev–Trinajstić information content (AvgIpc) is 3.56. The second-order valence-electron chi connectivity index (χ2n) is 11.0. The first-order valence-electron chi connectivity index (χ1n) is 14.4. The smallest absolute Gasteiger partial charge is 0.347 e. The van der Waals surface area contributed by atoms with E-state index in [4.69, 9.17) is 33.0 Å². The summed E-state index contributed by atoms with van der Waals surface area (Å²) in [5.41, 5.74) is 14.6. The van der Waals surface area contributed by atoms with Crippen LogP contribution in [0.5, 0.6) is 0 Å². The summed E-state index contributed by atoms with van der Waals surface area (Å²) in [5.74, 6) is -1.57. The van der Waals surface area contributed by atoms with Crippen LogP contribution in [0.15, 0.2) is 40.8 Å². The molecule has 3 aromatic heterocycles. The summed E-state index contributed by atoms with van der Waals surface area (Å²) < 4.78 is 4.23. The molecule has 2 saturated heterocycles. The van der Waals surface area contributed by atoms with Crippen LogP contribution in [0, 0.1) is 0 Å². The Hall–Kier alpha value is -4.19. The zero-order valence-electron chi connectivity index (χ0n) is 24.5. The van der Waals surface area contributed by atoms with Gasteiger partial charge >= 0.3 is 5.97 Å². The fourth-order valence-corrected chi connectivity index (χ4v) is 8.12. The molecule has 3 aliphatic rings. The van der Waals surface area contributed by atoms with E-state index in [-0.39, 0.29) is 26.9 Å². The third kappa shape index (κ3) is 5.78. The molecule has 2 amide bonds. The van der Waals surface area contributed by atoms with Crippen molar-refractivity contribution in [2.75, 3.05) is 30.3 Å². The number of nitrogens with two attached hydrogens (primary N) is 2. The molecule has 46 heavy (non-hydrogen) atoms. The van der Waals surface area contributed by atoms with Crippen LogP contribution in [0.2, 0.25) is 4.34 Å². The van der Waals surface area contributed by atoms with Crippen molar-refractivity contribution in [1.82, 2.24) is 25.1 Å². The Morgan fingerprint density at radius 1 is 1.37 bits per heavy atom. The van der Waals surface area contributed by atoms with Gasteiger partial charge in [-0.3, -0.25) is 19.3 Å². The van der Waals surface area contributed by atoms with Crippen LogP contribution in [0.25, 0.3) is 11.0 Å². The van der Waals surface area contributed by atoms with Crippen LogP contribution in [0.4, 0.5) is 10.9 Å². The van der Waals surface area contributed by atoms with Crippen LogP contribution in [-0.4, -0.2) is 85.7 Å². The van der Waals surface area contributed by atoms with E-state index >= 15 is 0 Å². The first-order chi connectivity index (χ1) is 22.1. The number of β-lactam (4-membered cyclic amide) rings is 1. The number of piperidine rings is 1. The van der Waals surface area contributed by atoms with E-state index in [0.717, 1.165) is 53.9 Å². The number of allylic oxidation sites excluding steroid dienone is 1. The molecule has 0 spiro atoms. The minimum Gasteiger partial charge on any atom is -0.478 e. The number of halogens is 1. The Morgan fingerprint density at radius 2 is 2.13 bits per heavy atom. The zero-order chi connectivity index (χ0) is 32.7. The summed E-state index contributed by atoms with van der Waals surface area (Å²) >= 11 is 8.49. The van der Waals surface area contributed by atoms with E-state index in [1.807, 2.05) is 29.0 Å². The maximum Gasteiger partial charge on any atom is 0.347 e. The van der Waals surface area contributed by atoms with Gasteiger partial charge in [0, 0.05) is 23.4 Å². The Bertz CT molecular complexity index is 1800. The van der Waals surface area contributed by atoms with E-state index in [2.05, 4.69) is 25.3 Å². The Balaban J connectivity index is 1.22. The van der Waals surface area contributed by atoms with Crippen molar-refractivity contribution in [3.05, 3.63) is 45.7 Å². The van der Waals surface area contributed by atoms with Crippen molar-refractivity contribution in [2.24, 2.45) is 5.16 Å². The van der Waals surface area contributed by atoms with Gasteiger partial charge in [-0.05, 0) is 38.9 Å². The number of aromatic nitrogens is 3. The van der Waals surface area contributed by atoms with E-state index in [1.54, 1.807) is 0 Å². The quantitative estimate of drug-likeness (QED) is 0.0663. The van der Waals surface area contributed by atoms with Crippen molar-refractivity contribution in [2.45, 2.75) is 49.9 Å². The highest BCUT2D eigenvalue weighted by molar-refractivity contribution is 8.00. The molecular weight excluding hydrogens is 658 g/mol. The van der Waals surface area contributed by atoms with Gasteiger partial charge in [0.2, 0.25) is 11.6 Å². The molecule has 3 atom stereocenters. The second-order valence-corrected chi connectivity index (χ2v) is 13.7. The summed E-state index contributed by atoms with van der Waals surface area (Å²) in [4.78, 5) is 60.7. The summed E-state index contributed by atoms with van der Waals surface area (Å²) in [6.45, 7) is 3.44. The highest BCUT2D eigenvalue weighted by atomic mass is 35.5. The van der Waals surface area contributed by atoms with Gasteiger partial charge in [0.25, 0.3) is 11.8 Å². The van der Waals surface area contributed by atoms with Crippen LogP contribution >= 0.6 is 34.7 Å². The number of pyridine rings is 1. The van der Waals surface area contributed by atoms with Crippen LogP contribution in [-0.2, 0) is 30.6 Å². The number of anilines is 2. The lowest BCUT2D eigenvalue weighted by Crippen LogP contribution is -2.70. The maximum atomic E-state index is 13.4. The standard InChI is InChI=1S/C28H30ClN9O6S2/c1-13(27(42)43)44-35-21(20-23(29)46-28(31)34-20)24(40)33-22-25(41)38-18(11-39)14(12-45-26(22)38)10-36-8-2-3-16-17(36)9-19(30)37(16)15-4-6-32-7-5-15/h2-3,8-9,11,13,15,22,26,30,32H,4-7,10,12H2,1H3,(H4,31,33,34,40,42,43)/p+1/b35-21-/t13-,22+,26+/m0/s1. The number of aliphatic carboxylic acids is 1. The Kier molecular flexibility index (Phi) is 8.91. The lowest BCUT2D eigenvalue weighted by Gasteiger charge is -2.49. The van der Waals surface area contributed by atoms with E-state index in [0.29, 0.717) is 24.4 Å². The SMILES string of the molecule is C[C@H](O/N=C(\C(=O)N[C@@H]1C(=O)N2C(C=O)=C(C[n+]3cccc4c3cc(N)n4C3CCNCC3)CS[C@H]12)c1nc(N)sc1Cl)C(=O)O. The number of hydrogen-bond donors (Lipinski definition) is 5. The first-order valence-corrected chi connectivity index (χ1v) is 16.6. The number of thiazole rings is 1.